The third-order valence-electron chi connectivity index (χ3n) is 4.80. The van der Waals surface area contributed by atoms with Crippen molar-refractivity contribution in [3.63, 3.8) is 0 Å². The number of fused-ring (bicyclic) bond motifs is 1. The first kappa shape index (κ1) is 20.4. The second-order valence-electron chi connectivity index (χ2n) is 6.79. The standard InChI is InChI=1S/C23H20N4O.ClH/c1-27-15-26-14-22(27)21(25)10-16-6-7-19(13-24)23(11-16)28-20-9-8-17-4-2-3-5-18(17)12-20;/h2-9,11-12,14-15,21H,10,25H2,1H3;1H. The van der Waals surface area contributed by atoms with Gasteiger partial charge in [0.1, 0.15) is 17.6 Å². The first-order chi connectivity index (χ1) is 13.6. The van der Waals surface area contributed by atoms with E-state index in [1.54, 1.807) is 18.6 Å². The number of nitrogens with zero attached hydrogens (tertiary/aromatic N) is 3. The van der Waals surface area contributed by atoms with Crippen LogP contribution in [0, 0.1) is 11.3 Å². The van der Waals surface area contributed by atoms with Crippen molar-refractivity contribution in [2.24, 2.45) is 12.8 Å². The molecule has 0 bridgehead atoms. The maximum absolute atomic E-state index is 9.46. The van der Waals surface area contributed by atoms with Crippen LogP contribution in [0.2, 0.25) is 0 Å². The number of imidazole rings is 1. The summed E-state index contributed by atoms with van der Waals surface area (Å²) >= 11 is 0. The zero-order valence-corrected chi connectivity index (χ0v) is 16.8. The molecule has 4 rings (SSSR count). The van der Waals surface area contributed by atoms with Crippen LogP contribution >= 0.6 is 12.4 Å². The lowest BCUT2D eigenvalue weighted by molar-refractivity contribution is 0.480. The highest BCUT2D eigenvalue weighted by Crippen LogP contribution is 2.30. The number of nitriles is 1. The Labute approximate surface area is 175 Å². The van der Waals surface area contributed by atoms with Crippen LogP contribution in [-0.4, -0.2) is 9.55 Å². The van der Waals surface area contributed by atoms with Crippen LogP contribution in [0.25, 0.3) is 10.8 Å². The number of aromatic nitrogens is 2. The average molecular weight is 405 g/mol. The maximum Gasteiger partial charge on any atom is 0.145 e. The minimum atomic E-state index is -0.186. The summed E-state index contributed by atoms with van der Waals surface area (Å²) < 4.78 is 7.98. The molecule has 4 aromatic rings. The van der Waals surface area contributed by atoms with Gasteiger partial charge in [-0.1, -0.05) is 36.4 Å². The van der Waals surface area contributed by atoms with Crippen LogP contribution in [0.3, 0.4) is 0 Å². The van der Waals surface area contributed by atoms with Crippen LogP contribution in [0.15, 0.2) is 73.2 Å². The zero-order chi connectivity index (χ0) is 19.5. The van der Waals surface area contributed by atoms with Crippen LogP contribution in [0.1, 0.15) is 22.9 Å². The molecule has 6 heteroatoms. The number of halogens is 1. The third-order valence-corrected chi connectivity index (χ3v) is 4.80. The Hall–Kier alpha value is -3.33. The van der Waals surface area contributed by atoms with Gasteiger partial charge in [0.2, 0.25) is 0 Å². The molecule has 146 valence electrons. The van der Waals surface area contributed by atoms with Gasteiger partial charge in [0, 0.05) is 13.2 Å². The smallest absolute Gasteiger partial charge is 0.145 e. The molecule has 2 N–H and O–H groups in total. The Morgan fingerprint density at radius 2 is 1.90 bits per heavy atom. The Morgan fingerprint density at radius 3 is 2.62 bits per heavy atom. The van der Waals surface area contributed by atoms with Gasteiger partial charge in [0.05, 0.1) is 23.6 Å². The van der Waals surface area contributed by atoms with Gasteiger partial charge in [-0.2, -0.15) is 5.26 Å². The molecule has 29 heavy (non-hydrogen) atoms. The lowest BCUT2D eigenvalue weighted by Gasteiger charge is -2.14. The van der Waals surface area contributed by atoms with Crippen LogP contribution in [0.4, 0.5) is 0 Å². The van der Waals surface area contributed by atoms with Crippen molar-refractivity contribution in [2.75, 3.05) is 0 Å². The largest absolute Gasteiger partial charge is 0.456 e. The summed E-state index contributed by atoms with van der Waals surface area (Å²) in [4.78, 5) is 4.13. The molecule has 0 radical (unpaired) electrons. The van der Waals surface area contributed by atoms with Gasteiger partial charge in [-0.05, 0) is 47.0 Å². The topological polar surface area (TPSA) is 76.9 Å². The molecule has 0 aliphatic carbocycles. The van der Waals surface area contributed by atoms with Crippen LogP contribution in [-0.2, 0) is 13.5 Å². The predicted molar refractivity (Wildman–Crippen MR) is 116 cm³/mol. The number of nitrogens with two attached hydrogens (primary N) is 1. The minimum Gasteiger partial charge on any atom is -0.456 e. The van der Waals surface area contributed by atoms with Gasteiger partial charge >= 0.3 is 0 Å². The third kappa shape index (κ3) is 4.40. The highest BCUT2D eigenvalue weighted by Gasteiger charge is 2.13. The van der Waals surface area contributed by atoms with E-state index in [9.17, 15) is 5.26 Å². The summed E-state index contributed by atoms with van der Waals surface area (Å²) in [6.45, 7) is 0. The first-order valence-corrected chi connectivity index (χ1v) is 9.05. The van der Waals surface area contributed by atoms with E-state index in [4.69, 9.17) is 10.5 Å². The van der Waals surface area contributed by atoms with Crippen molar-refractivity contribution in [1.29, 1.82) is 5.26 Å². The SMILES string of the molecule is Cl.Cn1cncc1C(N)Cc1ccc(C#N)c(Oc2ccc3ccccc3c2)c1. The number of ether oxygens (including phenoxy) is 1. The number of benzene rings is 3. The normalized spacial score (nSPS) is 11.5. The Morgan fingerprint density at radius 1 is 1.10 bits per heavy atom. The average Bonchev–Trinajstić information content (AvgIpc) is 3.14. The van der Waals surface area contributed by atoms with Gasteiger partial charge < -0.3 is 15.0 Å². The maximum atomic E-state index is 9.46. The van der Waals surface area contributed by atoms with E-state index in [0.717, 1.165) is 22.0 Å². The predicted octanol–water partition coefficient (Wildman–Crippen LogP) is 4.90. The summed E-state index contributed by atoms with van der Waals surface area (Å²) in [5, 5.41) is 11.7. The van der Waals surface area contributed by atoms with E-state index in [1.807, 2.05) is 60.1 Å². The van der Waals surface area contributed by atoms with Gasteiger partial charge in [-0.25, -0.2) is 4.98 Å². The molecule has 0 aliphatic heterocycles. The quantitative estimate of drug-likeness (QED) is 0.513. The van der Waals surface area contributed by atoms with E-state index in [-0.39, 0.29) is 18.4 Å². The summed E-state index contributed by atoms with van der Waals surface area (Å²) in [5.41, 5.74) is 8.80. The summed E-state index contributed by atoms with van der Waals surface area (Å²) in [6, 6.07) is 21.6. The molecule has 5 nitrogen and oxygen atoms in total. The van der Waals surface area contributed by atoms with Crippen molar-refractivity contribution in [3.05, 3.63) is 90.0 Å². The summed E-state index contributed by atoms with van der Waals surface area (Å²) in [7, 11) is 1.93. The second kappa shape index (κ2) is 8.78. The molecule has 0 aliphatic rings. The zero-order valence-electron chi connectivity index (χ0n) is 15.9. The van der Waals surface area contributed by atoms with Crippen molar-refractivity contribution in [2.45, 2.75) is 12.5 Å². The summed E-state index contributed by atoms with van der Waals surface area (Å²) in [5.74, 6) is 1.23. The molecule has 1 unspecified atom stereocenters. The number of hydrogen-bond acceptors (Lipinski definition) is 4. The molecule has 0 spiro atoms. The number of hydrogen-bond donors (Lipinski definition) is 1. The van der Waals surface area contributed by atoms with Gasteiger partial charge in [-0.15, -0.1) is 12.4 Å². The Kier molecular flexibility index (Phi) is 6.18. The summed E-state index contributed by atoms with van der Waals surface area (Å²) in [6.07, 6.45) is 4.14. The van der Waals surface area contributed by atoms with E-state index in [1.165, 1.54) is 0 Å². The molecule has 1 aromatic heterocycles. The molecule has 0 saturated heterocycles. The molecule has 1 atom stereocenters. The van der Waals surface area contributed by atoms with Crippen molar-refractivity contribution in [3.8, 4) is 17.6 Å². The molecule has 0 amide bonds. The monoisotopic (exact) mass is 404 g/mol. The molecule has 3 aromatic carbocycles. The highest BCUT2D eigenvalue weighted by molar-refractivity contribution is 5.85. The van der Waals surface area contributed by atoms with E-state index >= 15 is 0 Å². The second-order valence-corrected chi connectivity index (χ2v) is 6.79. The van der Waals surface area contributed by atoms with Gasteiger partial charge in [0.15, 0.2) is 0 Å². The molecular weight excluding hydrogens is 384 g/mol. The lowest BCUT2D eigenvalue weighted by atomic mass is 10.0. The number of aryl methyl sites for hydroxylation is 1. The first-order valence-electron chi connectivity index (χ1n) is 9.05. The molecule has 0 saturated carbocycles. The lowest BCUT2D eigenvalue weighted by Crippen LogP contribution is -2.16. The van der Waals surface area contributed by atoms with Crippen molar-refractivity contribution in [1.82, 2.24) is 9.55 Å². The molecule has 0 fully saturated rings. The minimum absolute atomic E-state index is 0. The van der Waals surface area contributed by atoms with E-state index in [0.29, 0.717) is 23.5 Å². The van der Waals surface area contributed by atoms with Gasteiger partial charge in [0.25, 0.3) is 0 Å². The highest BCUT2D eigenvalue weighted by atomic mass is 35.5. The van der Waals surface area contributed by atoms with Crippen LogP contribution in [0.5, 0.6) is 11.5 Å². The Balaban J connectivity index is 0.00000240. The molecular formula is C23H21ClN4O. The Bertz CT molecular complexity index is 1180. The molecule has 1 heterocycles. The van der Waals surface area contributed by atoms with E-state index in [2.05, 4.69) is 17.1 Å². The van der Waals surface area contributed by atoms with Crippen LogP contribution < -0.4 is 10.5 Å². The van der Waals surface area contributed by atoms with E-state index < -0.39 is 0 Å². The van der Waals surface area contributed by atoms with Crippen molar-refractivity contribution < 1.29 is 4.74 Å². The fourth-order valence-electron chi connectivity index (χ4n) is 3.31. The van der Waals surface area contributed by atoms with Gasteiger partial charge in [-0.3, -0.25) is 0 Å². The fourth-order valence-corrected chi connectivity index (χ4v) is 3.31. The van der Waals surface area contributed by atoms with Crippen molar-refractivity contribution >= 4 is 23.2 Å². The fraction of sp³-hybridized carbons (Fsp3) is 0.130. The number of rotatable bonds is 5.